The summed E-state index contributed by atoms with van der Waals surface area (Å²) in [6, 6.07) is 2.50. The van der Waals surface area contributed by atoms with Gasteiger partial charge < -0.3 is 9.55 Å². The van der Waals surface area contributed by atoms with E-state index in [4.69, 9.17) is 4.98 Å². The molecule has 24 heavy (non-hydrogen) atoms. The Kier molecular flexibility index (Phi) is 5.18. The number of aromatic amines is 1. The van der Waals surface area contributed by atoms with E-state index >= 15 is 0 Å². The van der Waals surface area contributed by atoms with Crippen molar-refractivity contribution in [1.82, 2.24) is 14.5 Å². The van der Waals surface area contributed by atoms with Crippen LogP contribution >= 0.6 is 11.8 Å². The largest absolute Gasteiger partial charge is 0.362 e. The molecule has 0 amide bonds. The smallest absolute Gasteiger partial charge is 0.174 e. The summed E-state index contributed by atoms with van der Waals surface area (Å²) in [6.45, 7) is 8.17. The maximum absolute atomic E-state index is 12.6. The maximum Gasteiger partial charge on any atom is 0.174 e. The normalized spacial score (nSPS) is 15.8. The van der Waals surface area contributed by atoms with E-state index in [1.165, 1.54) is 37.8 Å². The minimum absolute atomic E-state index is 0.176. The third-order valence-corrected chi connectivity index (χ3v) is 6.03. The number of carbonyl (C=O) groups excluding carboxylic acids is 1. The Hall–Kier alpha value is -1.49. The molecular formula is C19H27N3OS. The first-order valence-electron chi connectivity index (χ1n) is 8.85. The lowest BCUT2D eigenvalue weighted by molar-refractivity contribution is 0.102. The lowest BCUT2D eigenvalue weighted by Gasteiger charge is -2.26. The van der Waals surface area contributed by atoms with Crippen molar-refractivity contribution in [2.45, 2.75) is 71.0 Å². The molecule has 0 spiro atoms. The molecule has 1 aliphatic carbocycles. The Balaban J connectivity index is 1.76. The van der Waals surface area contributed by atoms with Crippen LogP contribution < -0.4 is 0 Å². The minimum Gasteiger partial charge on any atom is -0.362 e. The molecule has 2 aromatic rings. The fourth-order valence-electron chi connectivity index (χ4n) is 3.69. The summed E-state index contributed by atoms with van der Waals surface area (Å²) in [7, 11) is 0. The van der Waals surface area contributed by atoms with Gasteiger partial charge in [0.2, 0.25) is 0 Å². The quantitative estimate of drug-likeness (QED) is 0.618. The van der Waals surface area contributed by atoms with Gasteiger partial charge in [0.05, 0.1) is 11.4 Å². The summed E-state index contributed by atoms with van der Waals surface area (Å²) in [5.41, 5.74) is 5.15. The Morgan fingerprint density at radius 1 is 1.25 bits per heavy atom. The van der Waals surface area contributed by atoms with E-state index in [-0.39, 0.29) is 5.78 Å². The van der Waals surface area contributed by atoms with Crippen LogP contribution in [0.15, 0.2) is 11.2 Å². The lowest BCUT2D eigenvalue weighted by Crippen LogP contribution is -2.15. The van der Waals surface area contributed by atoms with E-state index < -0.39 is 0 Å². The van der Waals surface area contributed by atoms with Crippen LogP contribution in [0.25, 0.3) is 0 Å². The number of imidazole rings is 1. The fraction of sp³-hybridized carbons (Fsp3) is 0.579. The van der Waals surface area contributed by atoms with Crippen LogP contribution in [0.2, 0.25) is 0 Å². The first-order chi connectivity index (χ1) is 11.5. The molecule has 1 fully saturated rings. The van der Waals surface area contributed by atoms with Gasteiger partial charge in [0.15, 0.2) is 10.9 Å². The van der Waals surface area contributed by atoms with Crippen LogP contribution in [0.5, 0.6) is 0 Å². The summed E-state index contributed by atoms with van der Waals surface area (Å²) in [6.07, 6.45) is 6.40. The zero-order valence-electron chi connectivity index (χ0n) is 15.1. The molecule has 0 unspecified atom stereocenters. The third kappa shape index (κ3) is 3.46. The van der Waals surface area contributed by atoms with Gasteiger partial charge in [-0.2, -0.15) is 0 Å². The lowest BCUT2D eigenvalue weighted by atomic mass is 9.95. The van der Waals surface area contributed by atoms with Gasteiger partial charge in [-0.1, -0.05) is 31.0 Å². The zero-order valence-corrected chi connectivity index (χ0v) is 15.9. The number of H-pyrrole nitrogens is 1. The standard InChI is InChI=1S/C19H27N3OS/c1-12-10-17(14(3)20-12)18(23)11-24-19-21-13(2)15(4)22(19)16-8-6-5-7-9-16/h10,16,20H,5-9,11H2,1-4H3. The number of thioether (sulfide) groups is 1. The predicted octanol–water partition coefficient (Wildman–Crippen LogP) is 4.93. The van der Waals surface area contributed by atoms with Crippen LogP contribution in [0.1, 0.15) is 71.3 Å². The van der Waals surface area contributed by atoms with Crippen molar-refractivity contribution in [3.63, 3.8) is 0 Å². The van der Waals surface area contributed by atoms with Crippen molar-refractivity contribution in [3.8, 4) is 0 Å². The summed E-state index contributed by atoms with van der Waals surface area (Å²) in [4.78, 5) is 20.5. The van der Waals surface area contributed by atoms with Gasteiger partial charge in [0.1, 0.15) is 0 Å². The number of nitrogens with one attached hydrogen (secondary N) is 1. The van der Waals surface area contributed by atoms with Crippen molar-refractivity contribution in [2.75, 3.05) is 5.75 Å². The summed E-state index contributed by atoms with van der Waals surface area (Å²) in [5, 5.41) is 1.01. The molecule has 4 nitrogen and oxygen atoms in total. The molecule has 0 saturated heterocycles. The Labute approximate surface area is 148 Å². The fourth-order valence-corrected chi connectivity index (χ4v) is 4.73. The molecule has 5 heteroatoms. The Morgan fingerprint density at radius 2 is 1.96 bits per heavy atom. The van der Waals surface area contributed by atoms with Crippen molar-refractivity contribution in [1.29, 1.82) is 0 Å². The van der Waals surface area contributed by atoms with Crippen LogP contribution in [0, 0.1) is 27.7 Å². The number of hydrogen-bond donors (Lipinski definition) is 1. The van der Waals surface area contributed by atoms with Crippen molar-refractivity contribution in [2.24, 2.45) is 0 Å². The highest BCUT2D eigenvalue weighted by molar-refractivity contribution is 7.99. The summed E-state index contributed by atoms with van der Waals surface area (Å²) < 4.78 is 2.39. The van der Waals surface area contributed by atoms with E-state index in [0.29, 0.717) is 11.8 Å². The number of nitrogens with zero attached hydrogens (tertiary/aromatic N) is 2. The van der Waals surface area contributed by atoms with E-state index in [9.17, 15) is 4.79 Å². The first-order valence-corrected chi connectivity index (χ1v) is 9.83. The number of rotatable bonds is 5. The van der Waals surface area contributed by atoms with Gasteiger partial charge in [-0.05, 0) is 46.6 Å². The van der Waals surface area contributed by atoms with E-state index in [1.54, 1.807) is 11.8 Å². The highest BCUT2D eigenvalue weighted by Gasteiger charge is 2.23. The molecule has 0 radical (unpaired) electrons. The molecule has 0 atom stereocenters. The van der Waals surface area contributed by atoms with Gasteiger partial charge in [-0.25, -0.2) is 4.98 Å². The summed E-state index contributed by atoms with van der Waals surface area (Å²) in [5.74, 6) is 0.621. The van der Waals surface area contributed by atoms with Crippen molar-refractivity contribution in [3.05, 3.63) is 34.4 Å². The van der Waals surface area contributed by atoms with Crippen molar-refractivity contribution >= 4 is 17.5 Å². The number of aromatic nitrogens is 3. The third-order valence-electron chi connectivity index (χ3n) is 5.08. The topological polar surface area (TPSA) is 50.7 Å². The average molecular weight is 346 g/mol. The van der Waals surface area contributed by atoms with E-state index in [2.05, 4.69) is 23.4 Å². The number of carbonyl (C=O) groups is 1. The van der Waals surface area contributed by atoms with E-state index in [1.807, 2.05) is 19.9 Å². The molecule has 130 valence electrons. The monoisotopic (exact) mass is 345 g/mol. The molecule has 1 aliphatic rings. The Bertz CT molecular complexity index is 738. The van der Waals surface area contributed by atoms with Gasteiger partial charge in [-0.15, -0.1) is 0 Å². The molecule has 0 aliphatic heterocycles. The number of ketones is 1. The molecule has 0 bridgehead atoms. The second kappa shape index (κ2) is 7.18. The second-order valence-corrected chi connectivity index (χ2v) is 7.87. The predicted molar refractivity (Wildman–Crippen MR) is 99.1 cm³/mol. The SMILES string of the molecule is Cc1cc(C(=O)CSc2nc(C)c(C)n2C2CCCCC2)c(C)[nH]1. The molecule has 2 heterocycles. The van der Waals surface area contributed by atoms with Gasteiger partial charge in [0, 0.05) is 28.7 Å². The summed E-state index contributed by atoms with van der Waals surface area (Å²) >= 11 is 1.59. The van der Waals surface area contributed by atoms with Crippen LogP contribution in [-0.2, 0) is 0 Å². The number of aryl methyl sites for hydroxylation is 3. The molecular weight excluding hydrogens is 318 g/mol. The number of hydrogen-bond acceptors (Lipinski definition) is 3. The molecule has 1 saturated carbocycles. The highest BCUT2D eigenvalue weighted by Crippen LogP contribution is 2.34. The van der Waals surface area contributed by atoms with Crippen LogP contribution in [-0.4, -0.2) is 26.1 Å². The number of Topliss-reactive ketones (excluding diaryl/α,β-unsaturated/α-hetero) is 1. The molecule has 0 aromatic carbocycles. The molecule has 1 N–H and O–H groups in total. The second-order valence-electron chi connectivity index (χ2n) is 6.93. The zero-order chi connectivity index (χ0) is 17.3. The van der Waals surface area contributed by atoms with Crippen molar-refractivity contribution < 1.29 is 4.79 Å². The Morgan fingerprint density at radius 3 is 2.58 bits per heavy atom. The van der Waals surface area contributed by atoms with Gasteiger partial charge >= 0.3 is 0 Å². The maximum atomic E-state index is 12.6. The average Bonchev–Trinajstić information content (AvgIpc) is 3.05. The minimum atomic E-state index is 0.176. The van der Waals surface area contributed by atoms with E-state index in [0.717, 1.165) is 27.8 Å². The highest BCUT2D eigenvalue weighted by atomic mass is 32.2. The van der Waals surface area contributed by atoms with Crippen LogP contribution in [0.3, 0.4) is 0 Å². The van der Waals surface area contributed by atoms with Gasteiger partial charge in [0.25, 0.3) is 0 Å². The van der Waals surface area contributed by atoms with Gasteiger partial charge in [-0.3, -0.25) is 4.79 Å². The van der Waals surface area contributed by atoms with Crippen LogP contribution in [0.4, 0.5) is 0 Å². The molecule has 3 rings (SSSR count). The first kappa shape index (κ1) is 17.3. The molecule has 2 aromatic heterocycles.